The SMILES string of the molecule is Cc1cc2c(cc1C(OCc1ccc(C(F)(F)F)cc1)c1ccc(C(=O)O)cc1)C(C)(C)CCC2(C)C. The summed E-state index contributed by atoms with van der Waals surface area (Å²) < 4.78 is 45.4. The quantitative estimate of drug-likeness (QED) is 0.362. The van der Waals surface area contributed by atoms with Gasteiger partial charge in [0.15, 0.2) is 0 Å². The lowest BCUT2D eigenvalue weighted by Crippen LogP contribution is -2.34. The van der Waals surface area contributed by atoms with Crippen LogP contribution in [0.1, 0.15) is 95.9 Å². The average molecular weight is 511 g/mol. The number of fused-ring (bicyclic) bond motifs is 1. The van der Waals surface area contributed by atoms with Gasteiger partial charge < -0.3 is 9.84 Å². The Morgan fingerprint density at radius 3 is 1.97 bits per heavy atom. The molecule has 1 N–H and O–H groups in total. The van der Waals surface area contributed by atoms with Gasteiger partial charge in [-0.05, 0) is 88.2 Å². The lowest BCUT2D eigenvalue weighted by atomic mass is 9.62. The van der Waals surface area contributed by atoms with Crippen molar-refractivity contribution >= 4 is 5.97 Å². The van der Waals surface area contributed by atoms with Gasteiger partial charge >= 0.3 is 12.1 Å². The van der Waals surface area contributed by atoms with E-state index < -0.39 is 23.8 Å². The molecule has 0 heterocycles. The Labute approximate surface area is 216 Å². The maximum atomic E-state index is 13.0. The normalized spacial score (nSPS) is 17.2. The van der Waals surface area contributed by atoms with Crippen LogP contribution in [0.3, 0.4) is 0 Å². The van der Waals surface area contributed by atoms with Crippen LogP contribution in [0.25, 0.3) is 0 Å². The van der Waals surface area contributed by atoms with Gasteiger partial charge in [0, 0.05) is 0 Å². The van der Waals surface area contributed by atoms with Gasteiger partial charge in [-0.2, -0.15) is 13.2 Å². The monoisotopic (exact) mass is 510 g/mol. The van der Waals surface area contributed by atoms with Crippen LogP contribution in [0.5, 0.6) is 0 Å². The number of alkyl halides is 3. The molecule has 0 amide bonds. The van der Waals surface area contributed by atoms with Gasteiger partial charge in [-0.25, -0.2) is 4.79 Å². The molecule has 0 radical (unpaired) electrons. The second kappa shape index (κ2) is 9.64. The molecule has 37 heavy (non-hydrogen) atoms. The molecule has 3 aromatic rings. The Morgan fingerprint density at radius 2 is 1.46 bits per heavy atom. The third-order valence-corrected chi connectivity index (χ3v) is 7.68. The number of carboxylic acid groups (broad SMARTS) is 1. The van der Waals surface area contributed by atoms with Gasteiger partial charge in [-0.1, -0.05) is 64.1 Å². The molecular formula is C31H33F3O3. The number of hydrogen-bond donors (Lipinski definition) is 1. The molecule has 1 atom stereocenters. The molecule has 4 rings (SSSR count). The zero-order valence-corrected chi connectivity index (χ0v) is 21.9. The Kier molecular flexibility index (Phi) is 7.02. The highest BCUT2D eigenvalue weighted by Gasteiger charge is 2.38. The fourth-order valence-corrected chi connectivity index (χ4v) is 5.16. The Hall–Kier alpha value is -3.12. The second-order valence-electron chi connectivity index (χ2n) is 11.3. The fourth-order valence-electron chi connectivity index (χ4n) is 5.16. The highest BCUT2D eigenvalue weighted by molar-refractivity contribution is 5.87. The largest absolute Gasteiger partial charge is 0.478 e. The standard InChI is InChI=1S/C31H33F3O3/c1-19-16-25-26(30(4,5)15-14-29(25,2)3)17-24(19)27(21-8-10-22(11-9-21)28(35)36)37-18-20-6-12-23(13-7-20)31(32,33)34/h6-13,16-17,27H,14-15,18H2,1-5H3,(H,35,36). The highest BCUT2D eigenvalue weighted by atomic mass is 19.4. The topological polar surface area (TPSA) is 46.5 Å². The van der Waals surface area contributed by atoms with Gasteiger partial charge in [0.1, 0.15) is 6.10 Å². The number of aryl methyl sites for hydroxylation is 1. The first kappa shape index (κ1) is 26.9. The van der Waals surface area contributed by atoms with E-state index in [9.17, 15) is 23.1 Å². The predicted octanol–water partition coefficient (Wildman–Crippen LogP) is 8.37. The molecule has 1 unspecified atom stereocenters. The van der Waals surface area contributed by atoms with Crippen LogP contribution in [-0.4, -0.2) is 11.1 Å². The van der Waals surface area contributed by atoms with E-state index in [0.29, 0.717) is 5.56 Å². The Bertz CT molecular complexity index is 1290. The lowest BCUT2D eigenvalue weighted by molar-refractivity contribution is -0.137. The Balaban J connectivity index is 1.75. The van der Waals surface area contributed by atoms with Crippen LogP contribution in [-0.2, 0) is 28.4 Å². The minimum absolute atomic E-state index is 0.0154. The number of rotatable bonds is 6. The van der Waals surface area contributed by atoms with Crippen molar-refractivity contribution in [2.45, 2.75) is 77.2 Å². The van der Waals surface area contributed by atoms with Gasteiger partial charge in [0.25, 0.3) is 0 Å². The van der Waals surface area contributed by atoms with E-state index in [1.54, 1.807) is 24.3 Å². The summed E-state index contributed by atoms with van der Waals surface area (Å²) in [6.45, 7) is 11.2. The zero-order chi connectivity index (χ0) is 27.2. The number of halogens is 3. The number of ether oxygens (including phenoxy) is 1. The molecule has 1 aliphatic carbocycles. The summed E-state index contributed by atoms with van der Waals surface area (Å²) in [5.74, 6) is -1.01. The van der Waals surface area contributed by atoms with E-state index in [1.165, 1.54) is 23.3 Å². The minimum Gasteiger partial charge on any atom is -0.478 e. The molecule has 196 valence electrons. The van der Waals surface area contributed by atoms with E-state index in [4.69, 9.17) is 4.74 Å². The van der Waals surface area contributed by atoms with E-state index in [2.05, 4.69) is 39.8 Å². The van der Waals surface area contributed by atoms with Gasteiger partial charge in [-0.3, -0.25) is 0 Å². The van der Waals surface area contributed by atoms with Crippen molar-refractivity contribution in [3.63, 3.8) is 0 Å². The van der Waals surface area contributed by atoms with E-state index in [0.717, 1.165) is 41.7 Å². The van der Waals surface area contributed by atoms with E-state index in [1.807, 2.05) is 6.92 Å². The van der Waals surface area contributed by atoms with Crippen molar-refractivity contribution in [2.24, 2.45) is 0 Å². The van der Waals surface area contributed by atoms with Crippen molar-refractivity contribution < 1.29 is 27.8 Å². The summed E-state index contributed by atoms with van der Waals surface area (Å²) in [6.07, 6.45) is -2.76. The van der Waals surface area contributed by atoms with Crippen molar-refractivity contribution in [3.05, 3.63) is 105 Å². The van der Waals surface area contributed by atoms with Crippen molar-refractivity contribution in [2.75, 3.05) is 0 Å². The third-order valence-electron chi connectivity index (χ3n) is 7.68. The molecule has 6 heteroatoms. The van der Waals surface area contributed by atoms with Gasteiger partial charge in [-0.15, -0.1) is 0 Å². The first-order chi connectivity index (χ1) is 17.2. The predicted molar refractivity (Wildman–Crippen MR) is 138 cm³/mol. The van der Waals surface area contributed by atoms with Crippen LogP contribution >= 0.6 is 0 Å². The van der Waals surface area contributed by atoms with E-state index in [-0.39, 0.29) is 23.0 Å². The van der Waals surface area contributed by atoms with Crippen LogP contribution in [0.15, 0.2) is 60.7 Å². The third kappa shape index (κ3) is 5.59. The number of hydrogen-bond acceptors (Lipinski definition) is 2. The van der Waals surface area contributed by atoms with Gasteiger partial charge in [0.2, 0.25) is 0 Å². The summed E-state index contributed by atoms with van der Waals surface area (Å²) >= 11 is 0. The molecule has 0 saturated carbocycles. The number of carbonyl (C=O) groups is 1. The molecule has 0 bridgehead atoms. The number of aromatic carboxylic acids is 1. The number of carboxylic acids is 1. The smallest absolute Gasteiger partial charge is 0.416 e. The van der Waals surface area contributed by atoms with Crippen molar-refractivity contribution in [1.82, 2.24) is 0 Å². The van der Waals surface area contributed by atoms with Crippen molar-refractivity contribution in [1.29, 1.82) is 0 Å². The summed E-state index contributed by atoms with van der Waals surface area (Å²) in [6, 6.07) is 16.0. The van der Waals surface area contributed by atoms with Crippen LogP contribution < -0.4 is 0 Å². The number of benzene rings is 3. The van der Waals surface area contributed by atoms with Crippen molar-refractivity contribution in [3.8, 4) is 0 Å². The maximum absolute atomic E-state index is 13.0. The molecule has 0 fully saturated rings. The maximum Gasteiger partial charge on any atom is 0.416 e. The summed E-state index contributed by atoms with van der Waals surface area (Å²) in [7, 11) is 0. The summed E-state index contributed by atoms with van der Waals surface area (Å²) in [5.41, 5.74) is 5.55. The fraction of sp³-hybridized carbons (Fsp3) is 0.387. The summed E-state index contributed by atoms with van der Waals surface area (Å²) in [5, 5.41) is 9.33. The molecule has 0 saturated heterocycles. The first-order valence-electron chi connectivity index (χ1n) is 12.5. The minimum atomic E-state index is -4.39. The molecule has 0 spiro atoms. The molecule has 3 nitrogen and oxygen atoms in total. The van der Waals surface area contributed by atoms with Gasteiger partial charge in [0.05, 0.1) is 17.7 Å². The second-order valence-corrected chi connectivity index (χ2v) is 11.3. The van der Waals surface area contributed by atoms with Crippen LogP contribution in [0.2, 0.25) is 0 Å². The highest BCUT2D eigenvalue weighted by Crippen LogP contribution is 2.47. The zero-order valence-electron chi connectivity index (χ0n) is 21.9. The Morgan fingerprint density at radius 1 is 0.919 bits per heavy atom. The summed E-state index contributed by atoms with van der Waals surface area (Å²) in [4.78, 5) is 11.4. The molecule has 1 aliphatic rings. The van der Waals surface area contributed by atoms with Crippen LogP contribution in [0, 0.1) is 6.92 Å². The average Bonchev–Trinajstić information content (AvgIpc) is 2.83. The molecule has 0 aromatic heterocycles. The lowest BCUT2D eigenvalue weighted by Gasteiger charge is -2.42. The molecular weight excluding hydrogens is 477 g/mol. The molecule has 0 aliphatic heterocycles. The van der Waals surface area contributed by atoms with Crippen LogP contribution in [0.4, 0.5) is 13.2 Å². The first-order valence-corrected chi connectivity index (χ1v) is 12.5. The molecule has 3 aromatic carbocycles. The van der Waals surface area contributed by atoms with E-state index >= 15 is 0 Å².